The number of hydrogen-bond acceptors (Lipinski definition) is 1. The summed E-state index contributed by atoms with van der Waals surface area (Å²) >= 11 is 6.02. The van der Waals surface area contributed by atoms with Gasteiger partial charge in [-0.05, 0) is 44.0 Å². The summed E-state index contributed by atoms with van der Waals surface area (Å²) in [6.45, 7) is 4.27. The number of benzene rings is 1. The maximum Gasteiger partial charge on any atom is 0.128 e. The molecule has 0 atom stereocenters. The van der Waals surface area contributed by atoms with Gasteiger partial charge < -0.3 is 10.7 Å². The van der Waals surface area contributed by atoms with Crippen LogP contribution in [0.3, 0.4) is 0 Å². The van der Waals surface area contributed by atoms with Gasteiger partial charge in [0.1, 0.15) is 5.82 Å². The Balaban J connectivity index is 2.85. The third-order valence-corrected chi connectivity index (χ3v) is 3.23. The Hall–Kier alpha value is -1.06. The number of rotatable bonds is 2. The average molecular weight is 241 g/mol. The molecule has 0 fully saturated rings. The van der Waals surface area contributed by atoms with Crippen LogP contribution in [0.15, 0.2) is 6.07 Å². The van der Waals surface area contributed by atoms with Gasteiger partial charge in [-0.15, -0.1) is 0 Å². The van der Waals surface area contributed by atoms with Gasteiger partial charge in [0.2, 0.25) is 0 Å². The number of aryl methyl sites for hydroxylation is 2. The molecule has 1 aromatic carbocycles. The lowest BCUT2D eigenvalue weighted by Crippen LogP contribution is -2.03. The third kappa shape index (κ3) is 1.60. The van der Waals surface area contributed by atoms with Crippen LogP contribution in [0, 0.1) is 19.7 Å². The van der Waals surface area contributed by atoms with Gasteiger partial charge in [0, 0.05) is 11.1 Å². The van der Waals surface area contributed by atoms with Crippen LogP contribution >= 0.6 is 11.6 Å². The molecule has 0 bridgehead atoms. The molecule has 1 heterocycles. The van der Waals surface area contributed by atoms with Crippen molar-refractivity contribution < 1.29 is 4.39 Å². The van der Waals surface area contributed by atoms with E-state index in [-0.39, 0.29) is 5.82 Å². The largest absolute Gasteiger partial charge is 0.357 e. The van der Waals surface area contributed by atoms with Gasteiger partial charge >= 0.3 is 0 Å². The van der Waals surface area contributed by atoms with Gasteiger partial charge in [0.15, 0.2) is 0 Å². The first-order valence-corrected chi connectivity index (χ1v) is 5.60. The van der Waals surface area contributed by atoms with E-state index < -0.39 is 0 Å². The highest BCUT2D eigenvalue weighted by Gasteiger charge is 2.15. The number of nitrogens with one attached hydrogen (secondary N) is 1. The second-order valence-corrected chi connectivity index (χ2v) is 4.39. The smallest absolute Gasteiger partial charge is 0.128 e. The summed E-state index contributed by atoms with van der Waals surface area (Å²) in [5.74, 6) is -0.269. The highest BCUT2D eigenvalue weighted by atomic mass is 35.5. The number of H-pyrrole nitrogens is 1. The first-order valence-electron chi connectivity index (χ1n) is 5.22. The number of halogens is 2. The minimum Gasteiger partial charge on any atom is -0.357 e. The van der Waals surface area contributed by atoms with Crippen LogP contribution in [-0.4, -0.2) is 11.5 Å². The van der Waals surface area contributed by atoms with Gasteiger partial charge in [-0.2, -0.15) is 0 Å². The van der Waals surface area contributed by atoms with Crippen molar-refractivity contribution in [3.63, 3.8) is 0 Å². The molecule has 3 N–H and O–H groups in total. The van der Waals surface area contributed by atoms with E-state index in [2.05, 4.69) is 4.98 Å². The number of aromatic nitrogens is 1. The number of fused-ring (bicyclic) bond motifs is 1. The fourth-order valence-electron chi connectivity index (χ4n) is 2.12. The van der Waals surface area contributed by atoms with Crippen molar-refractivity contribution in [3.8, 4) is 0 Å². The molecule has 0 aliphatic heterocycles. The van der Waals surface area contributed by atoms with Crippen molar-refractivity contribution in [3.05, 3.63) is 33.7 Å². The Morgan fingerprint density at radius 3 is 2.75 bits per heavy atom. The molecule has 4 heteroatoms. The fourth-order valence-corrected chi connectivity index (χ4v) is 2.36. The predicted octanol–water partition coefficient (Wildman–Crippen LogP) is 3.08. The van der Waals surface area contributed by atoms with Gasteiger partial charge in [-0.25, -0.2) is 4.39 Å². The van der Waals surface area contributed by atoms with E-state index in [1.54, 1.807) is 6.92 Å². The van der Waals surface area contributed by atoms with Crippen molar-refractivity contribution in [2.75, 3.05) is 6.54 Å². The maximum absolute atomic E-state index is 13.6. The molecule has 0 aliphatic carbocycles. The lowest BCUT2D eigenvalue weighted by Gasteiger charge is -2.04. The molecule has 2 nitrogen and oxygen atoms in total. The molecule has 0 unspecified atom stereocenters. The summed E-state index contributed by atoms with van der Waals surface area (Å²) in [6, 6.07) is 1.35. The molecule has 86 valence electrons. The summed E-state index contributed by atoms with van der Waals surface area (Å²) in [6.07, 6.45) is 0.729. The summed E-state index contributed by atoms with van der Waals surface area (Å²) in [7, 11) is 0. The minimum atomic E-state index is -0.269. The van der Waals surface area contributed by atoms with Crippen LogP contribution in [-0.2, 0) is 6.42 Å². The molecule has 0 aliphatic rings. The number of hydrogen-bond donors (Lipinski definition) is 2. The van der Waals surface area contributed by atoms with Gasteiger partial charge in [0.05, 0.1) is 10.5 Å². The van der Waals surface area contributed by atoms with Crippen LogP contribution in [0.5, 0.6) is 0 Å². The third-order valence-electron chi connectivity index (χ3n) is 2.94. The normalized spacial score (nSPS) is 11.3. The van der Waals surface area contributed by atoms with E-state index >= 15 is 0 Å². The summed E-state index contributed by atoms with van der Waals surface area (Å²) in [5, 5.41) is 1.30. The van der Waals surface area contributed by atoms with Gasteiger partial charge in [-0.3, -0.25) is 0 Å². The lowest BCUT2D eigenvalue weighted by molar-refractivity contribution is 0.621. The molecule has 0 saturated heterocycles. The number of aromatic amines is 1. The molecular formula is C12H14ClFN2. The van der Waals surface area contributed by atoms with Crippen LogP contribution in [0.4, 0.5) is 4.39 Å². The van der Waals surface area contributed by atoms with Crippen LogP contribution in [0.2, 0.25) is 5.02 Å². The van der Waals surface area contributed by atoms with Gasteiger partial charge in [-0.1, -0.05) is 11.6 Å². The van der Waals surface area contributed by atoms with E-state index in [9.17, 15) is 4.39 Å². The zero-order chi connectivity index (χ0) is 11.9. The van der Waals surface area contributed by atoms with Crippen LogP contribution in [0.1, 0.15) is 16.8 Å². The zero-order valence-corrected chi connectivity index (χ0v) is 10.1. The summed E-state index contributed by atoms with van der Waals surface area (Å²) in [5.41, 5.74) is 9.08. The van der Waals surface area contributed by atoms with E-state index in [1.165, 1.54) is 6.07 Å². The van der Waals surface area contributed by atoms with Crippen LogP contribution < -0.4 is 5.73 Å². The van der Waals surface area contributed by atoms with Crippen molar-refractivity contribution in [2.24, 2.45) is 5.73 Å². The second kappa shape index (κ2) is 4.07. The standard InChI is InChI=1S/C12H14ClFN2/c1-6-10(14)5-9(13)12-11(6)8(3-4-15)7(2)16-12/h5,16H,3-4,15H2,1-2H3. The van der Waals surface area contributed by atoms with Crippen LogP contribution in [0.25, 0.3) is 10.9 Å². The molecule has 1 aromatic heterocycles. The molecule has 2 rings (SSSR count). The topological polar surface area (TPSA) is 41.8 Å². The second-order valence-electron chi connectivity index (χ2n) is 3.98. The van der Waals surface area contributed by atoms with E-state index in [0.29, 0.717) is 17.1 Å². The molecule has 0 amide bonds. The molecular weight excluding hydrogens is 227 g/mol. The highest BCUT2D eigenvalue weighted by molar-refractivity contribution is 6.35. The monoisotopic (exact) mass is 240 g/mol. The van der Waals surface area contributed by atoms with Crippen molar-refractivity contribution in [1.29, 1.82) is 0 Å². The SMILES string of the molecule is Cc1[nH]c2c(Cl)cc(F)c(C)c2c1CCN. The van der Waals surface area contributed by atoms with Gasteiger partial charge in [0.25, 0.3) is 0 Å². The Morgan fingerprint density at radius 2 is 2.12 bits per heavy atom. The Bertz CT molecular complexity index is 546. The highest BCUT2D eigenvalue weighted by Crippen LogP contribution is 2.32. The van der Waals surface area contributed by atoms with Crippen molar-refractivity contribution in [2.45, 2.75) is 20.3 Å². The molecule has 2 aromatic rings. The number of nitrogens with two attached hydrogens (primary N) is 1. The zero-order valence-electron chi connectivity index (χ0n) is 9.32. The fraction of sp³-hybridized carbons (Fsp3) is 0.333. The molecule has 0 radical (unpaired) electrons. The quantitative estimate of drug-likeness (QED) is 0.832. The van der Waals surface area contributed by atoms with E-state index in [4.69, 9.17) is 17.3 Å². The molecule has 0 saturated carbocycles. The predicted molar refractivity (Wildman–Crippen MR) is 65.5 cm³/mol. The Kier molecular flexibility index (Phi) is 2.91. The molecule has 16 heavy (non-hydrogen) atoms. The average Bonchev–Trinajstić information content (AvgIpc) is 2.55. The van der Waals surface area contributed by atoms with E-state index in [0.717, 1.165) is 28.6 Å². The van der Waals surface area contributed by atoms with Crippen molar-refractivity contribution >= 4 is 22.5 Å². The Labute approximate surface area is 98.6 Å². The van der Waals surface area contributed by atoms with E-state index in [1.807, 2.05) is 6.92 Å². The first kappa shape index (κ1) is 11.4. The summed E-state index contributed by atoms with van der Waals surface area (Å²) in [4.78, 5) is 3.19. The first-order chi connectivity index (χ1) is 7.56. The maximum atomic E-state index is 13.6. The molecule has 0 spiro atoms. The lowest BCUT2D eigenvalue weighted by atomic mass is 10.0. The van der Waals surface area contributed by atoms with Crippen molar-refractivity contribution in [1.82, 2.24) is 4.98 Å². The summed E-state index contributed by atoms with van der Waals surface area (Å²) < 4.78 is 13.6. The minimum absolute atomic E-state index is 0.269. The Morgan fingerprint density at radius 1 is 1.44 bits per heavy atom.